The lowest BCUT2D eigenvalue weighted by molar-refractivity contribution is 0.312. The minimum Gasteiger partial charge on any atom is -0.464 e. The van der Waals surface area contributed by atoms with Crippen LogP contribution in [0.1, 0.15) is 6.92 Å². The average molecular weight is 269 g/mol. The van der Waals surface area contributed by atoms with Gasteiger partial charge in [0.2, 0.25) is 0 Å². The van der Waals surface area contributed by atoms with Gasteiger partial charge in [-0.2, -0.15) is 8.42 Å². The second kappa shape index (κ2) is 5.00. The number of ether oxygens (including phenoxy) is 1. The van der Waals surface area contributed by atoms with E-state index in [1.54, 1.807) is 6.92 Å². The quantitative estimate of drug-likeness (QED) is 0.813. The summed E-state index contributed by atoms with van der Waals surface area (Å²) >= 11 is 0. The van der Waals surface area contributed by atoms with E-state index in [0.717, 1.165) is 0 Å². The molecule has 2 rings (SSSR count). The van der Waals surface area contributed by atoms with Crippen molar-refractivity contribution in [2.45, 2.75) is 11.9 Å². The maximum absolute atomic E-state index is 11.8. The van der Waals surface area contributed by atoms with Crippen LogP contribution in [0.2, 0.25) is 0 Å². The molecule has 0 aliphatic carbocycles. The van der Waals surface area contributed by atoms with Crippen LogP contribution in [-0.4, -0.2) is 35.0 Å². The van der Waals surface area contributed by atoms with Crippen molar-refractivity contribution in [3.05, 3.63) is 24.9 Å². The molecule has 8 nitrogen and oxygen atoms in total. The smallest absolute Gasteiger partial charge is 0.316 e. The van der Waals surface area contributed by atoms with E-state index in [2.05, 4.69) is 24.7 Å². The molecule has 18 heavy (non-hydrogen) atoms. The molecule has 0 aliphatic heterocycles. The summed E-state index contributed by atoms with van der Waals surface area (Å²) in [5.41, 5.74) is 0.244. The largest absolute Gasteiger partial charge is 0.464 e. The SMILES string of the molecule is CCOc1ncc(NS(=O)(=O)c2cnc[nH]2)cn1. The third-order valence-corrected chi connectivity index (χ3v) is 3.22. The van der Waals surface area contributed by atoms with E-state index in [0.29, 0.717) is 6.61 Å². The van der Waals surface area contributed by atoms with Gasteiger partial charge in [0.25, 0.3) is 10.0 Å². The third-order valence-electron chi connectivity index (χ3n) is 1.92. The number of aromatic amines is 1. The summed E-state index contributed by atoms with van der Waals surface area (Å²) in [5.74, 6) is 0. The minimum atomic E-state index is -3.68. The van der Waals surface area contributed by atoms with Crippen molar-refractivity contribution in [1.82, 2.24) is 19.9 Å². The van der Waals surface area contributed by atoms with Crippen LogP contribution in [0, 0.1) is 0 Å². The molecule has 2 aromatic heterocycles. The number of rotatable bonds is 5. The molecule has 2 aromatic rings. The second-order valence-corrected chi connectivity index (χ2v) is 4.86. The van der Waals surface area contributed by atoms with Crippen molar-refractivity contribution < 1.29 is 13.2 Å². The highest BCUT2D eigenvalue weighted by atomic mass is 32.2. The van der Waals surface area contributed by atoms with Crippen LogP contribution in [0.25, 0.3) is 0 Å². The van der Waals surface area contributed by atoms with E-state index < -0.39 is 10.0 Å². The molecule has 0 aromatic carbocycles. The number of anilines is 1. The van der Waals surface area contributed by atoms with Crippen LogP contribution in [0.3, 0.4) is 0 Å². The van der Waals surface area contributed by atoms with Crippen LogP contribution >= 0.6 is 0 Å². The highest BCUT2D eigenvalue weighted by molar-refractivity contribution is 7.92. The number of nitrogens with one attached hydrogen (secondary N) is 2. The van der Waals surface area contributed by atoms with Crippen LogP contribution in [0.15, 0.2) is 29.9 Å². The van der Waals surface area contributed by atoms with Crippen molar-refractivity contribution in [2.24, 2.45) is 0 Å². The van der Waals surface area contributed by atoms with Crippen molar-refractivity contribution in [3.63, 3.8) is 0 Å². The predicted molar refractivity (Wildman–Crippen MR) is 62.6 cm³/mol. The number of hydrogen-bond donors (Lipinski definition) is 2. The lowest BCUT2D eigenvalue weighted by Gasteiger charge is -2.05. The number of imidazole rings is 1. The van der Waals surface area contributed by atoms with Crippen LogP contribution in [0.5, 0.6) is 6.01 Å². The summed E-state index contributed by atoms with van der Waals surface area (Å²) in [6.45, 7) is 2.25. The van der Waals surface area contributed by atoms with Crippen molar-refractivity contribution in [2.75, 3.05) is 11.3 Å². The molecule has 0 unspecified atom stereocenters. The molecular weight excluding hydrogens is 258 g/mol. The van der Waals surface area contributed by atoms with E-state index in [1.165, 1.54) is 24.9 Å². The Kier molecular flexibility index (Phi) is 3.42. The Hall–Kier alpha value is -2.16. The first-order valence-electron chi connectivity index (χ1n) is 5.08. The lowest BCUT2D eigenvalue weighted by atomic mass is 10.6. The standard InChI is InChI=1S/C9H11N5O3S/c1-2-17-9-11-3-7(4-12-9)14-18(15,16)8-5-10-6-13-8/h3-6,14H,2H2,1H3,(H,10,13). The van der Waals surface area contributed by atoms with Gasteiger partial charge in [-0.25, -0.2) is 15.0 Å². The molecule has 2 heterocycles. The molecule has 2 N–H and O–H groups in total. The first kappa shape index (κ1) is 12.3. The van der Waals surface area contributed by atoms with E-state index in [9.17, 15) is 8.42 Å². The summed E-state index contributed by atoms with van der Waals surface area (Å²) in [4.78, 5) is 13.8. The highest BCUT2D eigenvalue weighted by Crippen LogP contribution is 2.13. The Morgan fingerprint density at radius 2 is 2.06 bits per heavy atom. The number of aromatic nitrogens is 4. The zero-order valence-corrected chi connectivity index (χ0v) is 10.3. The second-order valence-electron chi connectivity index (χ2n) is 3.21. The van der Waals surface area contributed by atoms with Gasteiger partial charge in [-0.15, -0.1) is 0 Å². The first-order chi connectivity index (χ1) is 8.62. The number of hydrogen-bond acceptors (Lipinski definition) is 6. The van der Waals surface area contributed by atoms with E-state index in [4.69, 9.17) is 4.74 Å². The van der Waals surface area contributed by atoms with E-state index >= 15 is 0 Å². The summed E-state index contributed by atoms with van der Waals surface area (Å²) in [7, 11) is -3.68. The number of nitrogens with zero attached hydrogens (tertiary/aromatic N) is 3. The molecule has 0 amide bonds. The Bertz CT molecular complexity index is 594. The fourth-order valence-corrected chi connectivity index (χ4v) is 2.11. The zero-order chi connectivity index (χ0) is 13.0. The Morgan fingerprint density at radius 1 is 1.33 bits per heavy atom. The Morgan fingerprint density at radius 3 is 2.61 bits per heavy atom. The summed E-state index contributed by atoms with van der Waals surface area (Å²) in [5, 5.41) is -0.0311. The number of sulfonamides is 1. The molecule has 0 fully saturated rings. The molecular formula is C9H11N5O3S. The van der Waals surface area contributed by atoms with Crippen molar-refractivity contribution in [1.29, 1.82) is 0 Å². The van der Waals surface area contributed by atoms with Gasteiger partial charge in [-0.05, 0) is 6.92 Å². The van der Waals surface area contributed by atoms with Gasteiger partial charge in [0.15, 0.2) is 5.03 Å². The summed E-state index contributed by atoms with van der Waals surface area (Å²) < 4.78 is 31.0. The Labute approximate surface area is 104 Å². The van der Waals surface area contributed by atoms with E-state index in [-0.39, 0.29) is 16.7 Å². The molecule has 0 aliphatic rings. The highest BCUT2D eigenvalue weighted by Gasteiger charge is 2.15. The molecule has 0 bridgehead atoms. The van der Waals surface area contributed by atoms with Gasteiger partial charge in [0.1, 0.15) is 0 Å². The summed E-state index contributed by atoms with van der Waals surface area (Å²) in [6, 6.07) is 0.196. The van der Waals surface area contributed by atoms with Gasteiger partial charge in [-0.3, -0.25) is 4.72 Å². The molecule has 0 atom stereocenters. The van der Waals surface area contributed by atoms with Gasteiger partial charge in [0.05, 0.1) is 37.2 Å². The van der Waals surface area contributed by atoms with Gasteiger partial charge < -0.3 is 9.72 Å². The lowest BCUT2D eigenvalue weighted by Crippen LogP contribution is -2.13. The molecule has 0 saturated carbocycles. The van der Waals surface area contributed by atoms with Crippen LogP contribution < -0.4 is 9.46 Å². The van der Waals surface area contributed by atoms with Crippen LogP contribution in [0.4, 0.5) is 5.69 Å². The predicted octanol–water partition coefficient (Wildman–Crippen LogP) is 0.399. The normalized spacial score (nSPS) is 11.2. The monoisotopic (exact) mass is 269 g/mol. The fraction of sp³-hybridized carbons (Fsp3) is 0.222. The zero-order valence-electron chi connectivity index (χ0n) is 9.49. The Balaban J connectivity index is 2.14. The molecule has 9 heteroatoms. The average Bonchev–Trinajstić information content (AvgIpc) is 2.86. The fourth-order valence-electron chi connectivity index (χ4n) is 1.17. The van der Waals surface area contributed by atoms with Crippen LogP contribution in [-0.2, 0) is 10.0 Å². The minimum absolute atomic E-state index is 0.0311. The summed E-state index contributed by atoms with van der Waals surface area (Å²) in [6.07, 6.45) is 5.14. The first-order valence-corrected chi connectivity index (χ1v) is 6.56. The van der Waals surface area contributed by atoms with Gasteiger partial charge >= 0.3 is 6.01 Å². The van der Waals surface area contributed by atoms with Gasteiger partial charge in [0, 0.05) is 0 Å². The van der Waals surface area contributed by atoms with Crippen molar-refractivity contribution >= 4 is 15.7 Å². The third kappa shape index (κ3) is 2.74. The maximum atomic E-state index is 11.8. The molecule has 0 saturated heterocycles. The topological polar surface area (TPSA) is 110 Å². The molecule has 96 valence electrons. The molecule has 0 spiro atoms. The van der Waals surface area contributed by atoms with E-state index in [1.807, 2.05) is 0 Å². The van der Waals surface area contributed by atoms with Gasteiger partial charge in [-0.1, -0.05) is 0 Å². The maximum Gasteiger partial charge on any atom is 0.316 e. The molecule has 0 radical (unpaired) electrons. The number of H-pyrrole nitrogens is 1. The van der Waals surface area contributed by atoms with Crippen molar-refractivity contribution in [3.8, 4) is 6.01 Å².